The third-order valence-corrected chi connectivity index (χ3v) is 0.975. The normalized spacial score (nSPS) is 11.1. The van der Waals surface area contributed by atoms with Crippen molar-refractivity contribution in [2.75, 3.05) is 6.54 Å². The fourth-order valence-corrected chi connectivity index (χ4v) is 0.587. The summed E-state index contributed by atoms with van der Waals surface area (Å²) in [6.45, 7) is 2.17. The van der Waals surface area contributed by atoms with E-state index in [0.29, 0.717) is 0 Å². The van der Waals surface area contributed by atoms with Crippen LogP contribution < -0.4 is 5.32 Å². The summed E-state index contributed by atoms with van der Waals surface area (Å²) in [4.78, 5) is 9.95. The van der Waals surface area contributed by atoms with Crippen molar-refractivity contribution in [1.82, 2.24) is 5.32 Å². The first-order valence-electron chi connectivity index (χ1n) is 3.31. The van der Waals surface area contributed by atoms with Crippen LogP contribution >= 0.6 is 0 Å². The Morgan fingerprint density at radius 1 is 1.73 bits per heavy atom. The summed E-state index contributed by atoms with van der Waals surface area (Å²) in [6, 6.07) is 0. The zero-order valence-corrected chi connectivity index (χ0v) is 6.50. The lowest BCUT2D eigenvalue weighted by molar-refractivity contribution is -0.107. The van der Waals surface area contributed by atoms with Gasteiger partial charge in [-0.05, 0) is 13.0 Å². The van der Waals surface area contributed by atoms with Crippen LogP contribution in [0.2, 0.25) is 0 Å². The van der Waals surface area contributed by atoms with Crippen LogP contribution in [0.15, 0.2) is 23.9 Å². The second-order valence-electron chi connectivity index (χ2n) is 1.81. The molecule has 0 unspecified atom stereocenters. The SMILES string of the molecule is C#C/C=C(\C=C/C)NCC=O. The molecule has 0 radical (unpaired) electrons. The Labute approximate surface area is 67.0 Å². The zero-order chi connectivity index (χ0) is 8.53. The molecule has 0 aromatic rings. The van der Waals surface area contributed by atoms with Gasteiger partial charge in [-0.2, -0.15) is 0 Å². The lowest BCUT2D eigenvalue weighted by Crippen LogP contribution is -2.13. The number of hydrogen-bond donors (Lipinski definition) is 1. The minimum absolute atomic E-state index is 0.290. The van der Waals surface area contributed by atoms with Gasteiger partial charge >= 0.3 is 0 Å². The van der Waals surface area contributed by atoms with Gasteiger partial charge in [0.2, 0.25) is 0 Å². The maximum Gasteiger partial charge on any atom is 0.139 e. The van der Waals surface area contributed by atoms with Crippen LogP contribution in [-0.4, -0.2) is 12.8 Å². The molecule has 0 heterocycles. The quantitative estimate of drug-likeness (QED) is 0.365. The monoisotopic (exact) mass is 149 g/mol. The summed E-state index contributed by atoms with van der Waals surface area (Å²) in [6.07, 6.45) is 11.1. The van der Waals surface area contributed by atoms with E-state index >= 15 is 0 Å². The number of terminal acetylenes is 1. The molecule has 11 heavy (non-hydrogen) atoms. The Morgan fingerprint density at radius 2 is 2.45 bits per heavy atom. The van der Waals surface area contributed by atoms with Gasteiger partial charge in [-0.15, -0.1) is 6.42 Å². The lowest BCUT2D eigenvalue weighted by Gasteiger charge is -1.99. The van der Waals surface area contributed by atoms with E-state index in [9.17, 15) is 4.79 Å². The number of carbonyl (C=O) groups is 1. The molecular formula is C9H11NO. The van der Waals surface area contributed by atoms with Crippen molar-refractivity contribution in [3.8, 4) is 12.3 Å². The lowest BCUT2D eigenvalue weighted by atomic mass is 10.3. The van der Waals surface area contributed by atoms with E-state index in [-0.39, 0.29) is 6.54 Å². The van der Waals surface area contributed by atoms with Crippen LogP contribution in [0.1, 0.15) is 6.92 Å². The largest absolute Gasteiger partial charge is 0.378 e. The average Bonchev–Trinajstić information content (AvgIpc) is 2.01. The summed E-state index contributed by atoms with van der Waals surface area (Å²) < 4.78 is 0. The predicted octanol–water partition coefficient (Wildman–Crippen LogP) is 0.868. The molecule has 0 atom stereocenters. The second kappa shape index (κ2) is 6.63. The van der Waals surface area contributed by atoms with Crippen LogP contribution in [0, 0.1) is 12.3 Å². The molecule has 0 fully saturated rings. The van der Waals surface area contributed by atoms with Gasteiger partial charge < -0.3 is 10.1 Å². The fraction of sp³-hybridized carbons (Fsp3) is 0.222. The van der Waals surface area contributed by atoms with Gasteiger partial charge in [-0.3, -0.25) is 0 Å². The highest BCUT2D eigenvalue weighted by Gasteiger charge is 1.85. The Bertz CT molecular complexity index is 208. The first-order chi connectivity index (χ1) is 5.35. The highest BCUT2D eigenvalue weighted by Crippen LogP contribution is 1.89. The number of hydrogen-bond acceptors (Lipinski definition) is 2. The third-order valence-electron chi connectivity index (χ3n) is 0.975. The summed E-state index contributed by atoms with van der Waals surface area (Å²) in [5.74, 6) is 2.37. The van der Waals surface area contributed by atoms with Gasteiger partial charge in [0.05, 0.1) is 6.54 Å². The molecule has 0 aromatic carbocycles. The molecule has 0 bridgehead atoms. The van der Waals surface area contributed by atoms with E-state index < -0.39 is 0 Å². The highest BCUT2D eigenvalue weighted by atomic mass is 16.1. The van der Waals surface area contributed by atoms with Crippen molar-refractivity contribution >= 4 is 6.29 Å². The van der Waals surface area contributed by atoms with Crippen molar-refractivity contribution < 1.29 is 4.79 Å². The molecule has 0 spiro atoms. The van der Waals surface area contributed by atoms with Gasteiger partial charge in [0.15, 0.2) is 0 Å². The van der Waals surface area contributed by atoms with Crippen LogP contribution in [0.4, 0.5) is 0 Å². The predicted molar refractivity (Wildman–Crippen MR) is 45.8 cm³/mol. The van der Waals surface area contributed by atoms with Crippen molar-refractivity contribution in [3.63, 3.8) is 0 Å². The summed E-state index contributed by atoms with van der Waals surface area (Å²) >= 11 is 0. The van der Waals surface area contributed by atoms with E-state index in [1.807, 2.05) is 19.1 Å². The molecule has 0 saturated carbocycles. The van der Waals surface area contributed by atoms with E-state index in [1.54, 1.807) is 6.08 Å². The topological polar surface area (TPSA) is 29.1 Å². The van der Waals surface area contributed by atoms with Crippen molar-refractivity contribution in [3.05, 3.63) is 23.9 Å². The molecular weight excluding hydrogens is 138 g/mol. The minimum atomic E-state index is 0.290. The maximum atomic E-state index is 9.95. The van der Waals surface area contributed by atoms with Crippen molar-refractivity contribution in [1.29, 1.82) is 0 Å². The van der Waals surface area contributed by atoms with Gasteiger partial charge in [-0.25, -0.2) is 0 Å². The molecule has 1 N–H and O–H groups in total. The molecule has 58 valence electrons. The van der Waals surface area contributed by atoms with Gasteiger partial charge in [0.25, 0.3) is 0 Å². The highest BCUT2D eigenvalue weighted by molar-refractivity contribution is 5.52. The van der Waals surface area contributed by atoms with Crippen molar-refractivity contribution in [2.24, 2.45) is 0 Å². The molecule has 2 nitrogen and oxygen atoms in total. The molecule has 0 aliphatic carbocycles. The molecule has 0 aliphatic heterocycles. The standard InChI is InChI=1S/C9H11NO/c1-3-5-9(6-4-2)10-7-8-11/h1,4-6,8,10H,7H2,2H3/b6-4-,9-5+. The number of aldehydes is 1. The van der Waals surface area contributed by atoms with E-state index in [4.69, 9.17) is 6.42 Å². The second-order valence-corrected chi connectivity index (χ2v) is 1.81. The number of nitrogens with one attached hydrogen (secondary N) is 1. The van der Waals surface area contributed by atoms with E-state index in [1.165, 1.54) is 0 Å². The molecule has 2 heteroatoms. The van der Waals surface area contributed by atoms with Crippen molar-refractivity contribution in [2.45, 2.75) is 6.92 Å². The number of rotatable bonds is 4. The summed E-state index contributed by atoms with van der Waals surface area (Å²) in [5.41, 5.74) is 0.780. The zero-order valence-electron chi connectivity index (χ0n) is 6.50. The Kier molecular flexibility index (Phi) is 5.73. The minimum Gasteiger partial charge on any atom is -0.378 e. The van der Waals surface area contributed by atoms with Gasteiger partial charge in [0, 0.05) is 11.8 Å². The number of carbonyl (C=O) groups excluding carboxylic acids is 1. The first kappa shape index (κ1) is 9.51. The third kappa shape index (κ3) is 4.98. The first-order valence-corrected chi connectivity index (χ1v) is 3.31. The molecule has 0 aliphatic rings. The molecule has 0 amide bonds. The Morgan fingerprint density at radius 3 is 2.91 bits per heavy atom. The van der Waals surface area contributed by atoms with Crippen LogP contribution in [0.5, 0.6) is 0 Å². The smallest absolute Gasteiger partial charge is 0.139 e. The fourth-order valence-electron chi connectivity index (χ4n) is 0.587. The number of allylic oxidation sites excluding steroid dienone is 3. The maximum absolute atomic E-state index is 9.95. The molecule has 0 rings (SSSR count). The van der Waals surface area contributed by atoms with Crippen LogP contribution in [0.25, 0.3) is 0 Å². The molecule has 0 aromatic heterocycles. The van der Waals surface area contributed by atoms with E-state index in [0.717, 1.165) is 12.0 Å². The van der Waals surface area contributed by atoms with Gasteiger partial charge in [0.1, 0.15) is 6.29 Å². The Balaban J connectivity index is 4.02. The molecule has 0 saturated heterocycles. The van der Waals surface area contributed by atoms with Gasteiger partial charge in [-0.1, -0.05) is 12.0 Å². The summed E-state index contributed by atoms with van der Waals surface area (Å²) in [7, 11) is 0. The van der Waals surface area contributed by atoms with Crippen LogP contribution in [-0.2, 0) is 4.79 Å². The summed E-state index contributed by atoms with van der Waals surface area (Å²) in [5, 5.41) is 2.84. The Hall–Kier alpha value is -1.49. The average molecular weight is 149 g/mol. The van der Waals surface area contributed by atoms with Crippen LogP contribution in [0.3, 0.4) is 0 Å². The van der Waals surface area contributed by atoms with E-state index in [2.05, 4.69) is 11.2 Å².